The largest absolute Gasteiger partial charge is 0.332 e. The molecule has 0 saturated carbocycles. The molecule has 1 aromatic heterocycles. The molecule has 5 nitrogen and oxygen atoms in total. The van der Waals surface area contributed by atoms with E-state index in [-0.39, 0.29) is 0 Å². The number of aromatic nitrogens is 2. The van der Waals surface area contributed by atoms with Crippen LogP contribution in [-0.2, 0) is 35.8 Å². The molecule has 1 aliphatic heterocycles. The lowest BCUT2D eigenvalue weighted by atomic mass is 10.0. The van der Waals surface area contributed by atoms with Crippen LogP contribution in [0.15, 0.2) is 29.3 Å². The van der Waals surface area contributed by atoms with Gasteiger partial charge in [0.1, 0.15) is 5.82 Å². The van der Waals surface area contributed by atoms with E-state index in [0.29, 0.717) is 23.9 Å². The third kappa shape index (κ3) is 3.57. The SMILES string of the molecule is CCCn1c(C)cnc1CC1CCN(S(=O)(=O)c2ccc3c(c2)CCC3)C1. The molecular weight excluding hydrogens is 358 g/mol. The molecule has 2 heterocycles. The van der Waals surface area contributed by atoms with Crippen molar-refractivity contribution in [2.24, 2.45) is 5.92 Å². The van der Waals surface area contributed by atoms with E-state index in [1.165, 1.54) is 16.8 Å². The van der Waals surface area contributed by atoms with Crippen LogP contribution in [0.2, 0.25) is 0 Å². The van der Waals surface area contributed by atoms with Gasteiger partial charge in [0.25, 0.3) is 0 Å². The number of hydrogen-bond acceptors (Lipinski definition) is 3. The monoisotopic (exact) mass is 387 g/mol. The summed E-state index contributed by atoms with van der Waals surface area (Å²) in [7, 11) is -3.39. The molecule has 27 heavy (non-hydrogen) atoms. The van der Waals surface area contributed by atoms with Crippen LogP contribution in [0.25, 0.3) is 0 Å². The summed E-state index contributed by atoms with van der Waals surface area (Å²) in [5.74, 6) is 1.43. The van der Waals surface area contributed by atoms with E-state index in [1.807, 2.05) is 18.3 Å². The Balaban J connectivity index is 1.47. The van der Waals surface area contributed by atoms with E-state index in [1.54, 1.807) is 10.4 Å². The predicted octanol–water partition coefficient (Wildman–Crippen LogP) is 3.34. The number of aryl methyl sites for hydroxylation is 3. The lowest BCUT2D eigenvalue weighted by Gasteiger charge is -2.18. The molecule has 1 unspecified atom stereocenters. The van der Waals surface area contributed by atoms with Gasteiger partial charge in [-0.15, -0.1) is 0 Å². The van der Waals surface area contributed by atoms with Crippen molar-refractivity contribution in [3.8, 4) is 0 Å². The maximum atomic E-state index is 13.1. The number of rotatable bonds is 6. The van der Waals surface area contributed by atoms with Gasteiger partial charge in [-0.2, -0.15) is 4.31 Å². The molecule has 6 heteroatoms. The lowest BCUT2D eigenvalue weighted by molar-refractivity contribution is 0.449. The third-order valence-electron chi connectivity index (χ3n) is 6.01. The molecule has 1 saturated heterocycles. The number of hydrogen-bond donors (Lipinski definition) is 0. The molecule has 146 valence electrons. The summed E-state index contributed by atoms with van der Waals surface area (Å²) in [6.45, 7) is 6.44. The number of sulfonamides is 1. The van der Waals surface area contributed by atoms with Crippen LogP contribution in [0.5, 0.6) is 0 Å². The third-order valence-corrected chi connectivity index (χ3v) is 7.87. The topological polar surface area (TPSA) is 55.2 Å². The van der Waals surface area contributed by atoms with Gasteiger partial charge in [-0.05, 0) is 68.2 Å². The van der Waals surface area contributed by atoms with E-state index in [2.05, 4.69) is 23.4 Å². The quantitative estimate of drug-likeness (QED) is 0.764. The van der Waals surface area contributed by atoms with Crippen molar-refractivity contribution in [2.45, 2.75) is 63.8 Å². The zero-order chi connectivity index (χ0) is 19.0. The van der Waals surface area contributed by atoms with E-state index in [4.69, 9.17) is 0 Å². The average molecular weight is 388 g/mol. The van der Waals surface area contributed by atoms with E-state index in [9.17, 15) is 8.42 Å². The first kappa shape index (κ1) is 18.7. The summed E-state index contributed by atoms with van der Waals surface area (Å²) in [5, 5.41) is 0. The highest BCUT2D eigenvalue weighted by Crippen LogP contribution is 2.30. The van der Waals surface area contributed by atoms with Crippen molar-refractivity contribution >= 4 is 10.0 Å². The summed E-state index contributed by atoms with van der Waals surface area (Å²) in [6.07, 6.45) is 7.97. The number of fused-ring (bicyclic) bond motifs is 1. The Labute approximate surface area is 162 Å². The minimum absolute atomic E-state index is 0.339. The van der Waals surface area contributed by atoms with Gasteiger partial charge >= 0.3 is 0 Å². The maximum absolute atomic E-state index is 13.1. The summed E-state index contributed by atoms with van der Waals surface area (Å²) < 4.78 is 30.2. The van der Waals surface area contributed by atoms with Gasteiger partial charge < -0.3 is 4.57 Å². The molecular formula is C21H29N3O2S. The number of imidazole rings is 1. The Morgan fingerprint density at radius 1 is 1.22 bits per heavy atom. The van der Waals surface area contributed by atoms with Crippen LogP contribution in [0.1, 0.15) is 48.8 Å². The summed E-state index contributed by atoms with van der Waals surface area (Å²) in [6, 6.07) is 5.71. The van der Waals surface area contributed by atoms with Crippen molar-refractivity contribution in [3.05, 3.63) is 47.0 Å². The molecule has 1 aromatic carbocycles. The van der Waals surface area contributed by atoms with Crippen LogP contribution >= 0.6 is 0 Å². The van der Waals surface area contributed by atoms with Crippen molar-refractivity contribution in [3.63, 3.8) is 0 Å². The Bertz CT molecular complexity index is 933. The van der Waals surface area contributed by atoms with Gasteiger partial charge in [0.2, 0.25) is 10.0 Å². The molecule has 2 aliphatic rings. The second kappa shape index (κ2) is 7.40. The Kier molecular flexibility index (Phi) is 5.12. The molecule has 1 aliphatic carbocycles. The second-order valence-electron chi connectivity index (χ2n) is 7.97. The van der Waals surface area contributed by atoms with Gasteiger partial charge in [-0.25, -0.2) is 13.4 Å². The Morgan fingerprint density at radius 3 is 2.85 bits per heavy atom. The first-order valence-corrected chi connectivity index (χ1v) is 11.6. The van der Waals surface area contributed by atoms with Crippen molar-refractivity contribution < 1.29 is 8.42 Å². The van der Waals surface area contributed by atoms with Crippen molar-refractivity contribution in [1.82, 2.24) is 13.9 Å². The molecule has 1 fully saturated rings. The number of benzene rings is 1. The van der Waals surface area contributed by atoms with E-state index < -0.39 is 10.0 Å². The molecule has 0 N–H and O–H groups in total. The van der Waals surface area contributed by atoms with Crippen LogP contribution in [0, 0.1) is 12.8 Å². The molecule has 4 rings (SSSR count). The van der Waals surface area contributed by atoms with Crippen molar-refractivity contribution in [1.29, 1.82) is 0 Å². The van der Waals surface area contributed by atoms with Crippen LogP contribution < -0.4 is 0 Å². The highest BCUT2D eigenvalue weighted by Gasteiger charge is 2.33. The van der Waals surface area contributed by atoms with E-state index in [0.717, 1.165) is 50.9 Å². The Hall–Kier alpha value is -1.66. The minimum atomic E-state index is -3.39. The fourth-order valence-electron chi connectivity index (χ4n) is 4.50. The fraction of sp³-hybridized carbons (Fsp3) is 0.571. The van der Waals surface area contributed by atoms with E-state index >= 15 is 0 Å². The normalized spacial score (nSPS) is 20.3. The summed E-state index contributed by atoms with van der Waals surface area (Å²) in [4.78, 5) is 5.04. The minimum Gasteiger partial charge on any atom is -0.332 e. The zero-order valence-electron chi connectivity index (χ0n) is 16.3. The fourth-order valence-corrected chi connectivity index (χ4v) is 6.08. The van der Waals surface area contributed by atoms with Crippen LogP contribution in [0.3, 0.4) is 0 Å². The lowest BCUT2D eigenvalue weighted by Crippen LogP contribution is -2.29. The first-order chi connectivity index (χ1) is 13.0. The summed E-state index contributed by atoms with van der Waals surface area (Å²) >= 11 is 0. The highest BCUT2D eigenvalue weighted by molar-refractivity contribution is 7.89. The smallest absolute Gasteiger partial charge is 0.243 e. The molecule has 0 spiro atoms. The van der Waals surface area contributed by atoms with Gasteiger partial charge in [0.05, 0.1) is 4.90 Å². The second-order valence-corrected chi connectivity index (χ2v) is 9.91. The van der Waals surface area contributed by atoms with Gasteiger partial charge in [-0.1, -0.05) is 13.0 Å². The van der Waals surface area contributed by atoms with Gasteiger partial charge in [-0.3, -0.25) is 0 Å². The highest BCUT2D eigenvalue weighted by atomic mass is 32.2. The predicted molar refractivity (Wildman–Crippen MR) is 106 cm³/mol. The van der Waals surface area contributed by atoms with Crippen molar-refractivity contribution in [2.75, 3.05) is 13.1 Å². The standard InChI is InChI=1S/C21H29N3O2S/c1-3-10-24-16(2)14-22-21(24)12-17-9-11-23(15-17)27(25,26)20-8-7-18-5-4-6-19(18)13-20/h7-8,13-14,17H,3-6,9-12,15H2,1-2H3. The summed E-state index contributed by atoms with van der Waals surface area (Å²) in [5.41, 5.74) is 3.71. The molecule has 0 amide bonds. The molecule has 0 bridgehead atoms. The van der Waals surface area contributed by atoms with Gasteiger partial charge in [0, 0.05) is 37.9 Å². The molecule has 0 radical (unpaired) electrons. The van der Waals surface area contributed by atoms with Gasteiger partial charge in [0.15, 0.2) is 0 Å². The zero-order valence-corrected chi connectivity index (χ0v) is 17.1. The average Bonchev–Trinajstić information content (AvgIpc) is 3.37. The first-order valence-electron chi connectivity index (χ1n) is 10.1. The maximum Gasteiger partial charge on any atom is 0.243 e. The van der Waals surface area contributed by atoms with Crippen LogP contribution in [0.4, 0.5) is 0 Å². The van der Waals surface area contributed by atoms with Crippen LogP contribution in [-0.4, -0.2) is 35.4 Å². The molecule has 1 atom stereocenters. The number of nitrogens with zero attached hydrogens (tertiary/aromatic N) is 3. The molecule has 2 aromatic rings. The Morgan fingerprint density at radius 2 is 2.04 bits per heavy atom.